The molecule has 15 heavy (non-hydrogen) atoms. The molecule has 4 nitrogen and oxygen atoms in total. The quantitative estimate of drug-likeness (QED) is 0.757. The van der Waals surface area contributed by atoms with Crippen LogP contribution in [-0.2, 0) is 0 Å². The van der Waals surface area contributed by atoms with Crippen LogP contribution in [0.1, 0.15) is 20.3 Å². The Hall–Kier alpha value is -1.32. The fourth-order valence-corrected chi connectivity index (χ4v) is 2.35. The molecule has 2 rings (SSSR count). The third-order valence-corrected chi connectivity index (χ3v) is 2.86. The smallest absolute Gasteiger partial charge is 0.151 e. The predicted molar refractivity (Wildman–Crippen MR) is 61.6 cm³/mol. The van der Waals surface area contributed by atoms with Crippen molar-refractivity contribution in [1.29, 1.82) is 0 Å². The number of nitrogen functional groups attached to an aromatic ring is 1. The Morgan fingerprint density at radius 2 is 1.87 bits per heavy atom. The number of nitrogens with two attached hydrogens (primary N) is 1. The van der Waals surface area contributed by atoms with Crippen molar-refractivity contribution in [3.63, 3.8) is 0 Å². The molecule has 1 saturated heterocycles. The largest absolute Gasteiger partial charge is 0.382 e. The number of anilines is 2. The summed E-state index contributed by atoms with van der Waals surface area (Å²) >= 11 is 0. The Kier molecular flexibility index (Phi) is 2.75. The lowest BCUT2D eigenvalue weighted by Crippen LogP contribution is -2.39. The van der Waals surface area contributed by atoms with Gasteiger partial charge >= 0.3 is 0 Å². The first kappa shape index (κ1) is 10.2. The van der Waals surface area contributed by atoms with Crippen molar-refractivity contribution in [3.8, 4) is 0 Å². The third-order valence-electron chi connectivity index (χ3n) is 2.86. The Labute approximate surface area is 90.5 Å². The van der Waals surface area contributed by atoms with Gasteiger partial charge in [-0.1, -0.05) is 13.8 Å². The molecule has 0 spiro atoms. The molecule has 4 heteroatoms. The Morgan fingerprint density at radius 3 is 2.40 bits per heavy atom. The van der Waals surface area contributed by atoms with Gasteiger partial charge in [-0.15, -0.1) is 10.2 Å². The molecular formula is C11H18N4. The topological polar surface area (TPSA) is 55.0 Å². The van der Waals surface area contributed by atoms with Crippen LogP contribution >= 0.6 is 0 Å². The lowest BCUT2D eigenvalue weighted by atomic mass is 9.92. The van der Waals surface area contributed by atoms with E-state index >= 15 is 0 Å². The molecule has 0 amide bonds. The molecule has 0 bridgehead atoms. The fraction of sp³-hybridized carbons (Fsp3) is 0.636. The van der Waals surface area contributed by atoms with E-state index in [1.54, 1.807) is 0 Å². The summed E-state index contributed by atoms with van der Waals surface area (Å²) < 4.78 is 0. The molecule has 1 aliphatic heterocycles. The van der Waals surface area contributed by atoms with Crippen molar-refractivity contribution >= 4 is 11.6 Å². The SMILES string of the molecule is C[C@@H]1C[C@@H](C)CN(c2ccc(N)nn2)C1. The Balaban J connectivity index is 2.12. The van der Waals surface area contributed by atoms with Gasteiger partial charge in [0, 0.05) is 13.1 Å². The number of nitrogens with zero attached hydrogens (tertiary/aromatic N) is 3. The number of hydrogen-bond acceptors (Lipinski definition) is 4. The van der Waals surface area contributed by atoms with Gasteiger partial charge in [0.15, 0.2) is 5.82 Å². The maximum absolute atomic E-state index is 5.52. The van der Waals surface area contributed by atoms with Crippen LogP contribution in [0.15, 0.2) is 12.1 Å². The monoisotopic (exact) mass is 206 g/mol. The van der Waals surface area contributed by atoms with Crippen LogP contribution in [0.25, 0.3) is 0 Å². The third kappa shape index (κ3) is 2.37. The van der Waals surface area contributed by atoms with Gasteiger partial charge < -0.3 is 10.6 Å². The van der Waals surface area contributed by atoms with Gasteiger partial charge in [0.2, 0.25) is 0 Å². The summed E-state index contributed by atoms with van der Waals surface area (Å²) in [7, 11) is 0. The van der Waals surface area contributed by atoms with Gasteiger partial charge in [-0.2, -0.15) is 0 Å². The molecule has 1 aromatic rings. The van der Waals surface area contributed by atoms with Crippen LogP contribution in [0.2, 0.25) is 0 Å². The standard InChI is InChI=1S/C11H18N4/c1-8-5-9(2)7-15(6-8)11-4-3-10(12)13-14-11/h3-4,8-9H,5-7H2,1-2H3,(H2,12,13)/t8-,9-/m1/s1. The second-order valence-electron chi connectivity index (χ2n) is 4.67. The zero-order valence-electron chi connectivity index (χ0n) is 9.35. The molecule has 1 aromatic heterocycles. The summed E-state index contributed by atoms with van der Waals surface area (Å²) in [5.41, 5.74) is 5.52. The fourth-order valence-electron chi connectivity index (χ4n) is 2.35. The summed E-state index contributed by atoms with van der Waals surface area (Å²) in [6.07, 6.45) is 1.30. The lowest BCUT2D eigenvalue weighted by Gasteiger charge is -2.35. The molecule has 0 saturated carbocycles. The average Bonchev–Trinajstić information content (AvgIpc) is 2.17. The lowest BCUT2D eigenvalue weighted by molar-refractivity contribution is 0.355. The molecule has 0 aliphatic carbocycles. The van der Waals surface area contributed by atoms with Crippen LogP contribution in [-0.4, -0.2) is 23.3 Å². The summed E-state index contributed by atoms with van der Waals surface area (Å²) in [4.78, 5) is 2.30. The minimum atomic E-state index is 0.483. The van der Waals surface area contributed by atoms with Gasteiger partial charge in [-0.25, -0.2) is 0 Å². The summed E-state index contributed by atoms with van der Waals surface area (Å²) in [6.45, 7) is 6.71. The highest BCUT2D eigenvalue weighted by Gasteiger charge is 2.22. The highest BCUT2D eigenvalue weighted by molar-refractivity contribution is 5.41. The van der Waals surface area contributed by atoms with Gasteiger partial charge in [0.25, 0.3) is 0 Å². The first-order chi connectivity index (χ1) is 7.15. The first-order valence-electron chi connectivity index (χ1n) is 5.49. The van der Waals surface area contributed by atoms with Gasteiger partial charge in [0.1, 0.15) is 5.82 Å². The zero-order chi connectivity index (χ0) is 10.8. The van der Waals surface area contributed by atoms with Crippen LogP contribution in [0.4, 0.5) is 11.6 Å². The van der Waals surface area contributed by atoms with Crippen molar-refractivity contribution in [2.24, 2.45) is 11.8 Å². The molecule has 2 heterocycles. The maximum atomic E-state index is 5.52. The zero-order valence-corrected chi connectivity index (χ0v) is 9.35. The van der Waals surface area contributed by atoms with Gasteiger partial charge in [-0.05, 0) is 30.4 Å². The molecular weight excluding hydrogens is 188 g/mol. The van der Waals surface area contributed by atoms with Crippen LogP contribution in [0.3, 0.4) is 0 Å². The first-order valence-corrected chi connectivity index (χ1v) is 5.49. The van der Waals surface area contributed by atoms with Gasteiger partial charge in [-0.3, -0.25) is 0 Å². The Bertz CT molecular complexity index is 312. The molecule has 0 aromatic carbocycles. The van der Waals surface area contributed by atoms with E-state index in [4.69, 9.17) is 5.73 Å². The van der Waals surface area contributed by atoms with Crippen molar-refractivity contribution in [3.05, 3.63) is 12.1 Å². The summed E-state index contributed by atoms with van der Waals surface area (Å²) in [5.74, 6) is 2.89. The average molecular weight is 206 g/mol. The van der Waals surface area contributed by atoms with E-state index in [2.05, 4.69) is 28.9 Å². The second kappa shape index (κ2) is 4.04. The van der Waals surface area contributed by atoms with Crippen LogP contribution < -0.4 is 10.6 Å². The number of aromatic nitrogens is 2. The molecule has 82 valence electrons. The highest BCUT2D eigenvalue weighted by atomic mass is 15.3. The van der Waals surface area contributed by atoms with E-state index in [1.807, 2.05) is 12.1 Å². The van der Waals surface area contributed by atoms with E-state index in [-0.39, 0.29) is 0 Å². The van der Waals surface area contributed by atoms with E-state index in [1.165, 1.54) is 6.42 Å². The van der Waals surface area contributed by atoms with Crippen molar-refractivity contribution in [2.45, 2.75) is 20.3 Å². The molecule has 2 N–H and O–H groups in total. The van der Waals surface area contributed by atoms with Crippen molar-refractivity contribution in [1.82, 2.24) is 10.2 Å². The highest BCUT2D eigenvalue weighted by Crippen LogP contribution is 2.24. The van der Waals surface area contributed by atoms with E-state index in [9.17, 15) is 0 Å². The predicted octanol–water partition coefficient (Wildman–Crippen LogP) is 1.54. The van der Waals surface area contributed by atoms with E-state index < -0.39 is 0 Å². The normalized spacial score (nSPS) is 26.7. The maximum Gasteiger partial charge on any atom is 0.151 e. The number of rotatable bonds is 1. The Morgan fingerprint density at radius 1 is 1.20 bits per heavy atom. The number of hydrogen-bond donors (Lipinski definition) is 1. The molecule has 2 atom stereocenters. The summed E-state index contributed by atoms with van der Waals surface area (Å²) in [6, 6.07) is 3.76. The van der Waals surface area contributed by atoms with E-state index in [0.29, 0.717) is 5.82 Å². The summed E-state index contributed by atoms with van der Waals surface area (Å²) in [5, 5.41) is 8.01. The molecule has 1 fully saturated rings. The van der Waals surface area contributed by atoms with E-state index in [0.717, 1.165) is 30.7 Å². The van der Waals surface area contributed by atoms with Gasteiger partial charge in [0.05, 0.1) is 0 Å². The molecule has 1 aliphatic rings. The minimum Gasteiger partial charge on any atom is -0.382 e. The molecule has 0 radical (unpaired) electrons. The van der Waals surface area contributed by atoms with Crippen LogP contribution in [0, 0.1) is 11.8 Å². The van der Waals surface area contributed by atoms with Crippen LogP contribution in [0.5, 0.6) is 0 Å². The second-order valence-corrected chi connectivity index (χ2v) is 4.67. The molecule has 0 unspecified atom stereocenters. The number of piperidine rings is 1. The van der Waals surface area contributed by atoms with Crippen molar-refractivity contribution in [2.75, 3.05) is 23.7 Å². The van der Waals surface area contributed by atoms with Crippen molar-refractivity contribution < 1.29 is 0 Å². The minimum absolute atomic E-state index is 0.483.